The minimum absolute atomic E-state index is 0.00852. The molecule has 1 atom stereocenters. The maximum Gasteiger partial charge on any atom is 0.249 e. The first kappa shape index (κ1) is 12.1. The summed E-state index contributed by atoms with van der Waals surface area (Å²) in [5.41, 5.74) is 1.49. The van der Waals surface area contributed by atoms with Gasteiger partial charge >= 0.3 is 0 Å². The molecule has 1 aliphatic heterocycles. The number of likely N-dealkylation sites (tertiary alicyclic amines) is 1. The van der Waals surface area contributed by atoms with E-state index < -0.39 is 0 Å². The second-order valence-electron chi connectivity index (χ2n) is 4.15. The number of amides is 1. The summed E-state index contributed by atoms with van der Waals surface area (Å²) in [4.78, 5) is 13.6. The molecule has 1 amide bonds. The lowest BCUT2D eigenvalue weighted by Crippen LogP contribution is -2.33. The first-order valence-corrected chi connectivity index (χ1v) is 5.69. The minimum Gasteiger partial charge on any atom is -0.390 e. The molecule has 17 heavy (non-hydrogen) atoms. The zero-order valence-electron chi connectivity index (χ0n) is 9.85. The van der Waals surface area contributed by atoms with Crippen LogP contribution in [-0.2, 0) is 16.1 Å². The highest BCUT2D eigenvalue weighted by Gasteiger charge is 2.31. The molecule has 1 aromatic heterocycles. The van der Waals surface area contributed by atoms with E-state index in [1.165, 1.54) is 7.11 Å². The molecule has 2 rings (SSSR count). The summed E-state index contributed by atoms with van der Waals surface area (Å²) in [7, 11) is 1.52. The summed E-state index contributed by atoms with van der Waals surface area (Å²) >= 11 is 0. The van der Waals surface area contributed by atoms with Crippen molar-refractivity contribution in [3.8, 4) is 0 Å². The van der Waals surface area contributed by atoms with E-state index in [9.17, 15) is 4.79 Å². The number of rotatable bonds is 4. The molecule has 1 saturated heterocycles. The number of hydrogen-bond acceptors (Lipinski definition) is 4. The van der Waals surface area contributed by atoms with Crippen molar-refractivity contribution >= 4 is 5.91 Å². The molecule has 1 aliphatic rings. The van der Waals surface area contributed by atoms with Gasteiger partial charge in [0.15, 0.2) is 0 Å². The Morgan fingerprint density at radius 2 is 2.59 bits per heavy atom. The van der Waals surface area contributed by atoms with Gasteiger partial charge in [-0.2, -0.15) is 5.10 Å². The Morgan fingerprint density at radius 1 is 1.76 bits per heavy atom. The quantitative estimate of drug-likeness (QED) is 0.787. The topological polar surface area (TPSA) is 78.5 Å². The SMILES string of the molecule is COCC(=O)N1CCCC1c1cc(CO)[nH]n1. The molecule has 1 fully saturated rings. The average Bonchev–Trinajstić information content (AvgIpc) is 2.97. The average molecular weight is 239 g/mol. The van der Waals surface area contributed by atoms with Crippen LogP contribution < -0.4 is 0 Å². The summed E-state index contributed by atoms with van der Waals surface area (Å²) in [6.07, 6.45) is 1.88. The van der Waals surface area contributed by atoms with Gasteiger partial charge in [0.2, 0.25) is 5.91 Å². The van der Waals surface area contributed by atoms with Crippen LogP contribution in [0.2, 0.25) is 0 Å². The molecule has 0 saturated carbocycles. The summed E-state index contributed by atoms with van der Waals surface area (Å²) in [5, 5.41) is 15.9. The van der Waals surface area contributed by atoms with Crippen molar-refractivity contribution in [1.82, 2.24) is 15.1 Å². The van der Waals surface area contributed by atoms with Gasteiger partial charge in [-0.25, -0.2) is 0 Å². The second-order valence-corrected chi connectivity index (χ2v) is 4.15. The molecule has 0 spiro atoms. The summed E-state index contributed by atoms with van der Waals surface area (Å²) in [6, 6.07) is 1.82. The van der Waals surface area contributed by atoms with Crippen molar-refractivity contribution in [1.29, 1.82) is 0 Å². The maximum absolute atomic E-state index is 11.8. The van der Waals surface area contributed by atoms with Gasteiger partial charge in [-0.05, 0) is 18.9 Å². The standard InChI is InChI=1S/C11H17N3O3/c1-17-7-11(16)14-4-2-3-10(14)9-5-8(6-15)12-13-9/h5,10,15H,2-4,6-7H2,1H3,(H,12,13). The van der Waals surface area contributed by atoms with Crippen LogP contribution in [0.4, 0.5) is 0 Å². The number of nitrogens with zero attached hydrogens (tertiary/aromatic N) is 2. The van der Waals surface area contributed by atoms with Gasteiger partial charge in [0, 0.05) is 13.7 Å². The minimum atomic E-state index is -0.0638. The maximum atomic E-state index is 11.8. The number of aliphatic hydroxyl groups is 1. The summed E-state index contributed by atoms with van der Waals surface area (Å²) < 4.78 is 4.87. The van der Waals surface area contributed by atoms with Crippen LogP contribution in [0, 0.1) is 0 Å². The summed E-state index contributed by atoms with van der Waals surface area (Å²) in [5.74, 6) is -0.0106. The van der Waals surface area contributed by atoms with Gasteiger partial charge in [-0.3, -0.25) is 9.89 Å². The lowest BCUT2D eigenvalue weighted by molar-refractivity contribution is -0.136. The smallest absolute Gasteiger partial charge is 0.249 e. The third-order valence-electron chi connectivity index (χ3n) is 3.00. The molecular weight excluding hydrogens is 222 g/mol. The second kappa shape index (κ2) is 5.29. The molecule has 0 aromatic carbocycles. The Bertz CT molecular complexity index is 391. The van der Waals surface area contributed by atoms with E-state index in [-0.39, 0.29) is 25.2 Å². The van der Waals surface area contributed by atoms with Gasteiger partial charge in [-0.15, -0.1) is 0 Å². The molecule has 2 N–H and O–H groups in total. The fourth-order valence-electron chi connectivity index (χ4n) is 2.21. The molecule has 6 heteroatoms. The summed E-state index contributed by atoms with van der Waals surface area (Å²) in [6.45, 7) is 0.785. The van der Waals surface area contributed by atoms with Crippen molar-refractivity contribution in [3.63, 3.8) is 0 Å². The number of methoxy groups -OCH3 is 1. The van der Waals surface area contributed by atoms with Crippen LogP contribution >= 0.6 is 0 Å². The van der Waals surface area contributed by atoms with Crippen molar-refractivity contribution in [2.24, 2.45) is 0 Å². The highest BCUT2D eigenvalue weighted by molar-refractivity contribution is 5.78. The molecule has 0 radical (unpaired) electrons. The van der Waals surface area contributed by atoms with Crippen molar-refractivity contribution < 1.29 is 14.6 Å². The van der Waals surface area contributed by atoms with E-state index >= 15 is 0 Å². The van der Waals surface area contributed by atoms with Gasteiger partial charge in [-0.1, -0.05) is 0 Å². The zero-order chi connectivity index (χ0) is 12.3. The van der Waals surface area contributed by atoms with Crippen LogP contribution in [0.5, 0.6) is 0 Å². The predicted molar refractivity (Wildman–Crippen MR) is 60.1 cm³/mol. The molecule has 1 unspecified atom stereocenters. The van der Waals surface area contributed by atoms with Gasteiger partial charge in [0.05, 0.1) is 24.0 Å². The fraction of sp³-hybridized carbons (Fsp3) is 0.636. The van der Waals surface area contributed by atoms with E-state index in [2.05, 4.69) is 10.2 Å². The van der Waals surface area contributed by atoms with E-state index in [4.69, 9.17) is 9.84 Å². The van der Waals surface area contributed by atoms with E-state index in [0.717, 1.165) is 25.1 Å². The highest BCUT2D eigenvalue weighted by atomic mass is 16.5. The molecule has 2 heterocycles. The van der Waals surface area contributed by atoms with Crippen molar-refractivity contribution in [2.45, 2.75) is 25.5 Å². The number of aromatic nitrogens is 2. The van der Waals surface area contributed by atoms with Crippen LogP contribution in [0.15, 0.2) is 6.07 Å². The molecular formula is C11H17N3O3. The molecule has 94 valence electrons. The van der Waals surface area contributed by atoms with Crippen molar-refractivity contribution in [3.05, 3.63) is 17.5 Å². The zero-order valence-corrected chi connectivity index (χ0v) is 9.85. The molecule has 1 aromatic rings. The van der Waals surface area contributed by atoms with Crippen LogP contribution in [0.25, 0.3) is 0 Å². The van der Waals surface area contributed by atoms with E-state index in [1.54, 1.807) is 4.90 Å². The van der Waals surface area contributed by atoms with E-state index in [0.29, 0.717) is 5.69 Å². The van der Waals surface area contributed by atoms with Crippen LogP contribution in [0.3, 0.4) is 0 Å². The first-order chi connectivity index (χ1) is 8.26. The monoisotopic (exact) mass is 239 g/mol. The highest BCUT2D eigenvalue weighted by Crippen LogP contribution is 2.30. The molecule has 0 aliphatic carbocycles. The number of aromatic amines is 1. The Balaban J connectivity index is 2.11. The lowest BCUT2D eigenvalue weighted by Gasteiger charge is -2.22. The number of ether oxygens (including phenoxy) is 1. The van der Waals surface area contributed by atoms with Gasteiger partial charge < -0.3 is 14.7 Å². The third-order valence-corrected chi connectivity index (χ3v) is 3.00. The lowest BCUT2D eigenvalue weighted by atomic mass is 10.1. The number of carbonyl (C=O) groups excluding carboxylic acids is 1. The Labute approximate surface area is 99.6 Å². The van der Waals surface area contributed by atoms with Crippen LogP contribution in [-0.4, -0.2) is 46.4 Å². The van der Waals surface area contributed by atoms with Gasteiger partial charge in [0.1, 0.15) is 6.61 Å². The predicted octanol–water partition coefficient (Wildman–Crippen LogP) is 0.212. The largest absolute Gasteiger partial charge is 0.390 e. The van der Waals surface area contributed by atoms with E-state index in [1.807, 2.05) is 6.07 Å². The molecule has 0 bridgehead atoms. The number of carbonyl (C=O) groups is 1. The third kappa shape index (κ3) is 2.48. The number of nitrogens with one attached hydrogen (secondary N) is 1. The van der Waals surface area contributed by atoms with Gasteiger partial charge in [0.25, 0.3) is 0 Å². The van der Waals surface area contributed by atoms with Crippen LogP contribution in [0.1, 0.15) is 30.3 Å². The number of H-pyrrole nitrogens is 1. The normalized spacial score (nSPS) is 19.9. The first-order valence-electron chi connectivity index (χ1n) is 5.69. The number of aliphatic hydroxyl groups excluding tert-OH is 1. The molecule has 6 nitrogen and oxygen atoms in total. The Morgan fingerprint density at radius 3 is 3.24 bits per heavy atom. The number of hydrogen-bond donors (Lipinski definition) is 2. The Kier molecular flexibility index (Phi) is 3.75. The van der Waals surface area contributed by atoms with Crippen molar-refractivity contribution in [2.75, 3.05) is 20.3 Å². The fourth-order valence-corrected chi connectivity index (χ4v) is 2.21. The Hall–Kier alpha value is -1.40.